The topological polar surface area (TPSA) is 86.7 Å². The van der Waals surface area contributed by atoms with E-state index in [1.165, 1.54) is 0 Å². The Kier molecular flexibility index (Phi) is 6.22. The maximum atomic E-state index is 12.0. The summed E-state index contributed by atoms with van der Waals surface area (Å²) in [6, 6.07) is 7.70. The Hall–Kier alpha value is -2.32. The van der Waals surface area contributed by atoms with Crippen LogP contribution in [0.1, 0.15) is 24.0 Å². The second-order valence-electron chi connectivity index (χ2n) is 8.91. The molecule has 2 fully saturated rings. The third-order valence-electron chi connectivity index (χ3n) is 6.52. The normalized spacial score (nSPS) is 24.8. The van der Waals surface area contributed by atoms with E-state index >= 15 is 0 Å². The first-order chi connectivity index (χ1) is 15.9. The Labute approximate surface area is 202 Å². The SMILES string of the molecule is Cc1cc(Cl)c(OC2CCN(c3ccc(C4=C(C(=O)O)[C@@H]5CNC[C@H](C4)N5)cn3)C2)c(Cl)c1. The van der Waals surface area contributed by atoms with Crippen LogP contribution in [-0.2, 0) is 4.79 Å². The molecule has 3 atom stereocenters. The molecule has 0 spiro atoms. The number of aliphatic carboxylic acids is 1. The number of nitrogens with one attached hydrogen (secondary N) is 2. The molecule has 1 aromatic carbocycles. The molecule has 33 heavy (non-hydrogen) atoms. The minimum Gasteiger partial charge on any atom is -0.485 e. The van der Waals surface area contributed by atoms with Crippen molar-refractivity contribution in [3.63, 3.8) is 0 Å². The molecular weight excluding hydrogens is 463 g/mol. The Morgan fingerprint density at radius 3 is 2.73 bits per heavy atom. The number of benzene rings is 1. The zero-order chi connectivity index (χ0) is 23.1. The monoisotopic (exact) mass is 488 g/mol. The van der Waals surface area contributed by atoms with Gasteiger partial charge >= 0.3 is 5.97 Å². The van der Waals surface area contributed by atoms with E-state index in [-0.39, 0.29) is 18.2 Å². The largest absolute Gasteiger partial charge is 0.485 e. The van der Waals surface area contributed by atoms with Crippen LogP contribution < -0.4 is 20.3 Å². The number of halogens is 2. The number of carboxylic acid groups (broad SMARTS) is 1. The van der Waals surface area contributed by atoms with E-state index in [9.17, 15) is 9.90 Å². The quantitative estimate of drug-likeness (QED) is 0.593. The first kappa shape index (κ1) is 22.5. The van der Waals surface area contributed by atoms with Crippen molar-refractivity contribution in [2.24, 2.45) is 0 Å². The van der Waals surface area contributed by atoms with Crippen LogP contribution >= 0.6 is 23.2 Å². The molecule has 9 heteroatoms. The van der Waals surface area contributed by atoms with Gasteiger partial charge in [-0.1, -0.05) is 23.2 Å². The molecule has 3 N–H and O–H groups in total. The highest BCUT2D eigenvalue weighted by atomic mass is 35.5. The molecule has 0 radical (unpaired) electrons. The molecule has 0 saturated carbocycles. The van der Waals surface area contributed by atoms with Gasteiger partial charge in [-0.15, -0.1) is 0 Å². The van der Waals surface area contributed by atoms with Gasteiger partial charge in [0.1, 0.15) is 11.9 Å². The number of hydrogen-bond donors (Lipinski definition) is 3. The number of pyridine rings is 1. The Morgan fingerprint density at radius 1 is 1.24 bits per heavy atom. The first-order valence-electron chi connectivity index (χ1n) is 11.2. The van der Waals surface area contributed by atoms with Gasteiger partial charge in [0.15, 0.2) is 5.75 Å². The van der Waals surface area contributed by atoms with E-state index in [0.717, 1.165) is 42.0 Å². The molecule has 1 unspecified atom stereocenters. The average molecular weight is 489 g/mol. The molecule has 5 rings (SSSR count). The minimum absolute atomic E-state index is 0.0400. The molecule has 4 heterocycles. The van der Waals surface area contributed by atoms with Gasteiger partial charge in [0.25, 0.3) is 0 Å². The van der Waals surface area contributed by atoms with Gasteiger partial charge in [-0.05, 0) is 54.3 Å². The first-order valence-corrected chi connectivity index (χ1v) is 11.9. The van der Waals surface area contributed by atoms with Gasteiger partial charge in [-0.3, -0.25) is 0 Å². The number of rotatable bonds is 5. The van der Waals surface area contributed by atoms with Crippen molar-refractivity contribution in [2.75, 3.05) is 31.1 Å². The van der Waals surface area contributed by atoms with E-state index in [0.29, 0.717) is 40.9 Å². The maximum Gasteiger partial charge on any atom is 0.333 e. The highest BCUT2D eigenvalue weighted by Gasteiger charge is 2.35. The van der Waals surface area contributed by atoms with Crippen molar-refractivity contribution >= 4 is 40.6 Å². The zero-order valence-corrected chi connectivity index (χ0v) is 19.8. The van der Waals surface area contributed by atoms with E-state index in [2.05, 4.69) is 20.5 Å². The van der Waals surface area contributed by atoms with Crippen LogP contribution in [-0.4, -0.2) is 60.4 Å². The second-order valence-corrected chi connectivity index (χ2v) is 9.73. The lowest BCUT2D eigenvalue weighted by molar-refractivity contribution is -0.133. The maximum absolute atomic E-state index is 12.0. The summed E-state index contributed by atoms with van der Waals surface area (Å²) in [5.41, 5.74) is 3.18. The fourth-order valence-electron chi connectivity index (χ4n) is 4.99. The third-order valence-corrected chi connectivity index (χ3v) is 7.08. The second kappa shape index (κ2) is 9.14. The van der Waals surface area contributed by atoms with E-state index < -0.39 is 5.97 Å². The van der Waals surface area contributed by atoms with Crippen molar-refractivity contribution < 1.29 is 14.6 Å². The van der Waals surface area contributed by atoms with Crippen molar-refractivity contribution in [1.29, 1.82) is 0 Å². The summed E-state index contributed by atoms with van der Waals surface area (Å²) < 4.78 is 6.13. The van der Waals surface area contributed by atoms with Gasteiger partial charge in [0.05, 0.1) is 28.2 Å². The van der Waals surface area contributed by atoms with Crippen molar-refractivity contribution in [2.45, 2.75) is 38.0 Å². The number of carboxylic acids is 1. The number of hydrogen-bond acceptors (Lipinski definition) is 6. The summed E-state index contributed by atoms with van der Waals surface area (Å²) in [7, 11) is 0. The summed E-state index contributed by atoms with van der Waals surface area (Å²) >= 11 is 12.7. The van der Waals surface area contributed by atoms with Crippen molar-refractivity contribution in [3.05, 3.63) is 57.2 Å². The number of anilines is 1. The minimum atomic E-state index is -0.873. The number of aromatic nitrogens is 1. The van der Waals surface area contributed by atoms with E-state index in [4.69, 9.17) is 27.9 Å². The molecule has 3 aliphatic heterocycles. The fourth-order valence-corrected chi connectivity index (χ4v) is 5.67. The highest BCUT2D eigenvalue weighted by molar-refractivity contribution is 6.37. The number of carbonyl (C=O) groups is 1. The number of fused-ring (bicyclic) bond motifs is 2. The molecule has 3 aliphatic rings. The van der Waals surface area contributed by atoms with Gasteiger partial charge < -0.3 is 25.4 Å². The summed E-state index contributed by atoms with van der Waals surface area (Å²) in [5, 5.41) is 17.6. The molecular formula is C24H26Cl2N4O3. The Bertz CT molecular complexity index is 1080. The number of ether oxygens (including phenoxy) is 1. The van der Waals surface area contributed by atoms with Crippen molar-refractivity contribution in [3.8, 4) is 5.75 Å². The molecule has 2 bridgehead atoms. The number of aryl methyl sites for hydroxylation is 1. The summed E-state index contributed by atoms with van der Waals surface area (Å²) in [6.45, 7) is 4.88. The molecule has 0 amide bonds. The van der Waals surface area contributed by atoms with Gasteiger partial charge in [-0.2, -0.15) is 0 Å². The zero-order valence-electron chi connectivity index (χ0n) is 18.3. The van der Waals surface area contributed by atoms with Crippen LogP contribution in [0.5, 0.6) is 5.75 Å². The van der Waals surface area contributed by atoms with Crippen LogP contribution in [0.3, 0.4) is 0 Å². The standard InChI is InChI=1S/C24H26Cl2N4O3/c1-13-6-18(25)23(19(26)7-13)33-16-4-5-30(12-16)21-3-2-14(9-28-21)17-8-15-10-27-11-20(29-15)22(17)24(31)32/h2-3,6-7,9,15-16,20,27,29H,4-5,8,10-12H2,1H3,(H,31,32)/t15-,16?,20-/m0/s1. The molecule has 2 saturated heterocycles. The highest BCUT2D eigenvalue weighted by Crippen LogP contribution is 2.36. The van der Waals surface area contributed by atoms with Crippen LogP contribution in [0.25, 0.3) is 5.57 Å². The fraction of sp³-hybridized carbons (Fsp3) is 0.417. The Balaban J connectivity index is 1.31. The van der Waals surface area contributed by atoms with Gasteiger partial charge in [0, 0.05) is 38.3 Å². The third kappa shape index (κ3) is 4.55. The lowest BCUT2D eigenvalue weighted by atomic mass is 9.85. The lowest BCUT2D eigenvalue weighted by Gasteiger charge is -2.38. The lowest BCUT2D eigenvalue weighted by Crippen LogP contribution is -2.58. The van der Waals surface area contributed by atoms with Gasteiger partial charge in [-0.25, -0.2) is 9.78 Å². The van der Waals surface area contributed by atoms with E-state index in [1.54, 1.807) is 6.20 Å². The summed E-state index contributed by atoms with van der Waals surface area (Å²) in [4.78, 5) is 18.8. The average Bonchev–Trinajstić information content (AvgIpc) is 3.24. The molecule has 0 aliphatic carbocycles. The summed E-state index contributed by atoms with van der Waals surface area (Å²) in [6.07, 6.45) is 3.26. The molecule has 2 aromatic rings. The predicted octanol–water partition coefficient (Wildman–Crippen LogP) is 3.53. The van der Waals surface area contributed by atoms with Gasteiger partial charge in [0.2, 0.25) is 0 Å². The van der Waals surface area contributed by atoms with Crippen LogP contribution in [0.2, 0.25) is 10.0 Å². The molecule has 7 nitrogen and oxygen atoms in total. The Morgan fingerprint density at radius 2 is 2.03 bits per heavy atom. The predicted molar refractivity (Wildman–Crippen MR) is 129 cm³/mol. The smallest absolute Gasteiger partial charge is 0.333 e. The number of piperazine rings is 1. The van der Waals surface area contributed by atoms with Crippen LogP contribution in [0.15, 0.2) is 36.0 Å². The number of nitrogens with zero attached hydrogens (tertiary/aromatic N) is 2. The van der Waals surface area contributed by atoms with Crippen LogP contribution in [0.4, 0.5) is 5.82 Å². The van der Waals surface area contributed by atoms with Crippen LogP contribution in [0, 0.1) is 6.92 Å². The summed E-state index contributed by atoms with van der Waals surface area (Å²) in [5.74, 6) is 0.499. The van der Waals surface area contributed by atoms with Crippen molar-refractivity contribution in [1.82, 2.24) is 15.6 Å². The molecule has 1 aromatic heterocycles. The molecule has 174 valence electrons. The van der Waals surface area contributed by atoms with E-state index in [1.807, 2.05) is 31.2 Å².